The molecule has 2 N–H and O–H groups in total. The Labute approximate surface area is 178 Å². The summed E-state index contributed by atoms with van der Waals surface area (Å²) in [5, 5.41) is 11.0. The van der Waals surface area contributed by atoms with E-state index in [9.17, 15) is 23.1 Å². The van der Waals surface area contributed by atoms with Gasteiger partial charge in [0.1, 0.15) is 15.8 Å². The molecule has 0 aliphatic carbocycles. The van der Waals surface area contributed by atoms with E-state index >= 15 is 0 Å². The Morgan fingerprint density at radius 3 is 2.52 bits per heavy atom. The van der Waals surface area contributed by atoms with Gasteiger partial charge in [-0.05, 0) is 48.4 Å². The molecule has 1 amide bonds. The van der Waals surface area contributed by atoms with E-state index in [2.05, 4.69) is 4.72 Å². The first-order chi connectivity index (χ1) is 13.3. The summed E-state index contributed by atoms with van der Waals surface area (Å²) < 4.78 is 29.0. The highest BCUT2D eigenvalue weighted by molar-refractivity contribution is 7.91. The van der Waals surface area contributed by atoms with Gasteiger partial charge in [0, 0.05) is 16.3 Å². The minimum Gasteiger partial charge on any atom is -0.479 e. The zero-order valence-electron chi connectivity index (χ0n) is 16.5. The number of thiophene rings is 1. The van der Waals surface area contributed by atoms with Gasteiger partial charge in [-0.25, -0.2) is 13.2 Å². The van der Waals surface area contributed by atoms with Crippen LogP contribution in [0.3, 0.4) is 0 Å². The molecule has 1 saturated heterocycles. The number of carbonyl (C=O) groups excluding carboxylic acids is 1. The van der Waals surface area contributed by atoms with Crippen LogP contribution in [-0.4, -0.2) is 48.4 Å². The fourth-order valence-electron chi connectivity index (χ4n) is 3.44. The fraction of sp³-hybridized carbons (Fsp3) is 0.474. The molecule has 0 bridgehead atoms. The number of amides is 1. The van der Waals surface area contributed by atoms with E-state index in [4.69, 9.17) is 11.6 Å². The van der Waals surface area contributed by atoms with Gasteiger partial charge >= 0.3 is 5.97 Å². The van der Waals surface area contributed by atoms with E-state index in [1.807, 2.05) is 0 Å². The van der Waals surface area contributed by atoms with Crippen molar-refractivity contribution in [2.45, 2.75) is 49.9 Å². The molecule has 2 atom stereocenters. The predicted octanol–water partition coefficient (Wildman–Crippen LogP) is 3.32. The first kappa shape index (κ1) is 22.0. The van der Waals surface area contributed by atoms with Crippen LogP contribution in [0.4, 0.5) is 0 Å². The molecule has 29 heavy (non-hydrogen) atoms. The molecule has 0 saturated carbocycles. The number of carboxylic acid groups (broad SMARTS) is 1. The first-order valence-corrected chi connectivity index (χ1v) is 11.7. The number of aliphatic carboxylic acids is 1. The Bertz CT molecular complexity index is 1090. The van der Waals surface area contributed by atoms with E-state index < -0.39 is 38.9 Å². The smallest absolute Gasteiger partial charge is 0.329 e. The van der Waals surface area contributed by atoms with Crippen LogP contribution in [-0.2, 0) is 19.6 Å². The zero-order valence-corrected chi connectivity index (χ0v) is 18.9. The summed E-state index contributed by atoms with van der Waals surface area (Å²) in [5.74, 6) is -1.65. The number of rotatable bonds is 5. The number of hydrogen-bond acceptors (Lipinski definition) is 5. The van der Waals surface area contributed by atoms with Crippen LogP contribution in [0.1, 0.15) is 34.1 Å². The number of fused-ring (bicyclic) bond motifs is 1. The third kappa shape index (κ3) is 3.76. The third-order valence-electron chi connectivity index (χ3n) is 5.64. The standard InChI is InChI=1S/C19H23ClN2O5S2/c1-18(2,3)19(4,17(24)25)22-8-7-13(16(22)23)21-29(26,27)15-10-11-9-12(20)5-6-14(11)28-15/h5-6,9-10,13,21H,7-8H2,1-4H3,(H,24,25)/t13-,19+/m0/s1. The SMILES string of the molecule is CC(C)(C)[C@@](C)(C(=O)O)N1CC[C@H](NS(=O)(=O)c2cc3cc(Cl)ccc3s2)C1=O. The number of carboxylic acids is 1. The fourth-order valence-corrected chi connectivity index (χ4v) is 6.24. The monoisotopic (exact) mass is 458 g/mol. The molecule has 1 fully saturated rings. The van der Waals surface area contributed by atoms with Gasteiger partial charge in [-0.3, -0.25) is 4.79 Å². The van der Waals surface area contributed by atoms with E-state index in [0.717, 1.165) is 16.0 Å². The molecule has 1 aromatic carbocycles. The van der Waals surface area contributed by atoms with Crippen molar-refractivity contribution in [2.75, 3.05) is 6.54 Å². The highest BCUT2D eigenvalue weighted by atomic mass is 35.5. The molecule has 0 spiro atoms. The van der Waals surface area contributed by atoms with Gasteiger partial charge in [0.2, 0.25) is 5.91 Å². The van der Waals surface area contributed by atoms with Crippen LogP contribution in [0.5, 0.6) is 0 Å². The maximum absolute atomic E-state index is 13.0. The van der Waals surface area contributed by atoms with Crippen LogP contribution in [0.15, 0.2) is 28.5 Å². The number of likely N-dealkylation sites (tertiary alicyclic amines) is 1. The van der Waals surface area contributed by atoms with Gasteiger partial charge < -0.3 is 10.0 Å². The van der Waals surface area contributed by atoms with Crippen molar-refractivity contribution >= 4 is 54.9 Å². The summed E-state index contributed by atoms with van der Waals surface area (Å²) in [4.78, 5) is 26.2. The van der Waals surface area contributed by atoms with Crippen LogP contribution in [0, 0.1) is 5.41 Å². The lowest BCUT2D eigenvalue weighted by Gasteiger charge is -2.44. The number of carbonyl (C=O) groups is 2. The third-order valence-corrected chi connectivity index (χ3v) is 8.94. The number of sulfonamides is 1. The van der Waals surface area contributed by atoms with Gasteiger partial charge in [0.25, 0.3) is 10.0 Å². The summed E-state index contributed by atoms with van der Waals surface area (Å²) in [5.41, 5.74) is -2.20. The molecule has 158 valence electrons. The van der Waals surface area contributed by atoms with Crippen molar-refractivity contribution in [3.8, 4) is 0 Å². The molecule has 1 aromatic heterocycles. The highest BCUT2D eigenvalue weighted by Gasteiger charge is 2.54. The Balaban J connectivity index is 1.87. The number of halogens is 1. The number of benzene rings is 1. The molecule has 3 rings (SSSR count). The Hall–Kier alpha value is -1.68. The van der Waals surface area contributed by atoms with Crippen molar-refractivity contribution in [3.63, 3.8) is 0 Å². The van der Waals surface area contributed by atoms with Crippen molar-refractivity contribution in [1.82, 2.24) is 9.62 Å². The van der Waals surface area contributed by atoms with E-state index in [1.54, 1.807) is 39.0 Å². The minimum absolute atomic E-state index is 0.0813. The average molecular weight is 459 g/mol. The molecule has 2 heterocycles. The number of hydrogen-bond donors (Lipinski definition) is 2. The second-order valence-electron chi connectivity index (χ2n) is 8.33. The molecule has 7 nitrogen and oxygen atoms in total. The zero-order chi connectivity index (χ0) is 21.8. The van der Waals surface area contributed by atoms with Gasteiger partial charge in [0.05, 0.1) is 0 Å². The molecular weight excluding hydrogens is 436 g/mol. The lowest BCUT2D eigenvalue weighted by molar-refractivity contribution is -0.164. The summed E-state index contributed by atoms with van der Waals surface area (Å²) >= 11 is 7.05. The molecule has 1 aliphatic rings. The van der Waals surface area contributed by atoms with Crippen molar-refractivity contribution in [3.05, 3.63) is 29.3 Å². The molecule has 0 radical (unpaired) electrons. The molecule has 10 heteroatoms. The first-order valence-electron chi connectivity index (χ1n) is 9.04. The van der Waals surface area contributed by atoms with Crippen LogP contribution < -0.4 is 4.72 Å². The molecule has 1 aliphatic heterocycles. The summed E-state index contributed by atoms with van der Waals surface area (Å²) in [6.07, 6.45) is 0.202. The van der Waals surface area contributed by atoms with Gasteiger partial charge in [-0.15, -0.1) is 11.3 Å². The predicted molar refractivity (Wildman–Crippen MR) is 113 cm³/mol. The van der Waals surface area contributed by atoms with Gasteiger partial charge in [-0.2, -0.15) is 4.72 Å². The van der Waals surface area contributed by atoms with Gasteiger partial charge in [0.15, 0.2) is 0 Å². The second kappa shape index (κ2) is 7.23. The van der Waals surface area contributed by atoms with E-state index in [1.165, 1.54) is 17.9 Å². The van der Waals surface area contributed by atoms with Crippen molar-refractivity contribution in [2.24, 2.45) is 5.41 Å². The minimum atomic E-state index is -3.95. The summed E-state index contributed by atoms with van der Waals surface area (Å²) in [6.45, 7) is 6.89. The Morgan fingerprint density at radius 2 is 1.93 bits per heavy atom. The lowest BCUT2D eigenvalue weighted by atomic mass is 9.73. The van der Waals surface area contributed by atoms with E-state index in [0.29, 0.717) is 10.4 Å². The van der Waals surface area contributed by atoms with Crippen LogP contribution in [0.25, 0.3) is 10.1 Å². The summed E-state index contributed by atoms with van der Waals surface area (Å²) in [6, 6.07) is 5.61. The molecule has 0 unspecified atom stereocenters. The number of nitrogens with one attached hydrogen (secondary N) is 1. The maximum atomic E-state index is 13.0. The lowest BCUT2D eigenvalue weighted by Crippen LogP contribution is -2.62. The maximum Gasteiger partial charge on any atom is 0.329 e. The van der Waals surface area contributed by atoms with Crippen molar-refractivity contribution in [1.29, 1.82) is 0 Å². The molecule has 2 aromatic rings. The normalized spacial score (nSPS) is 20.2. The highest BCUT2D eigenvalue weighted by Crippen LogP contribution is 2.39. The number of nitrogens with zero attached hydrogens (tertiary/aromatic N) is 1. The average Bonchev–Trinajstić information content (AvgIpc) is 3.17. The largest absolute Gasteiger partial charge is 0.479 e. The molecular formula is C19H23ClN2O5S2. The van der Waals surface area contributed by atoms with Crippen LogP contribution in [0.2, 0.25) is 5.02 Å². The van der Waals surface area contributed by atoms with Crippen molar-refractivity contribution < 1.29 is 23.1 Å². The quantitative estimate of drug-likeness (QED) is 0.715. The Kier molecular flexibility index (Phi) is 5.49. The topological polar surface area (TPSA) is 104 Å². The van der Waals surface area contributed by atoms with E-state index in [-0.39, 0.29) is 17.2 Å². The Morgan fingerprint density at radius 1 is 1.28 bits per heavy atom. The van der Waals surface area contributed by atoms with Gasteiger partial charge in [-0.1, -0.05) is 32.4 Å². The second-order valence-corrected chi connectivity index (χ2v) is 11.8. The summed E-state index contributed by atoms with van der Waals surface area (Å²) in [7, 11) is -3.95. The van der Waals surface area contributed by atoms with Crippen LogP contribution >= 0.6 is 22.9 Å².